The van der Waals surface area contributed by atoms with Gasteiger partial charge < -0.3 is 5.32 Å². The number of halogens is 2. The molecule has 0 spiro atoms. The molecule has 2 atom stereocenters. The van der Waals surface area contributed by atoms with Gasteiger partial charge in [-0.05, 0) is 23.3 Å². The summed E-state index contributed by atoms with van der Waals surface area (Å²) in [5, 5.41) is 3.50. The Bertz CT molecular complexity index is 504. The number of fused-ring (bicyclic) bond motifs is 2. The third-order valence-corrected chi connectivity index (χ3v) is 5.80. The SMILES string of the molecule is BrC1c2ccccc2Nc2ccccc2C1Br. The average molecular weight is 353 g/mol. The second kappa shape index (κ2) is 4.46. The van der Waals surface area contributed by atoms with Gasteiger partial charge in [-0.2, -0.15) is 0 Å². The first-order valence-electron chi connectivity index (χ1n) is 5.50. The Balaban J connectivity index is 2.20. The van der Waals surface area contributed by atoms with E-state index in [4.69, 9.17) is 0 Å². The summed E-state index contributed by atoms with van der Waals surface area (Å²) in [5.74, 6) is 0. The molecule has 0 saturated heterocycles. The van der Waals surface area contributed by atoms with Crippen LogP contribution < -0.4 is 5.32 Å². The molecule has 0 saturated carbocycles. The molecular weight excluding hydrogens is 342 g/mol. The number of rotatable bonds is 0. The van der Waals surface area contributed by atoms with Gasteiger partial charge in [-0.3, -0.25) is 0 Å². The van der Waals surface area contributed by atoms with Gasteiger partial charge in [0.05, 0.1) is 9.65 Å². The summed E-state index contributed by atoms with van der Waals surface area (Å²) in [6, 6.07) is 16.8. The van der Waals surface area contributed by atoms with Crippen molar-refractivity contribution in [1.29, 1.82) is 0 Å². The van der Waals surface area contributed by atoms with Crippen molar-refractivity contribution in [2.45, 2.75) is 9.65 Å². The molecule has 1 aliphatic heterocycles. The lowest BCUT2D eigenvalue weighted by Gasteiger charge is -2.16. The highest BCUT2D eigenvalue weighted by Gasteiger charge is 2.27. The van der Waals surface area contributed by atoms with E-state index in [9.17, 15) is 0 Å². The van der Waals surface area contributed by atoms with Gasteiger partial charge in [-0.15, -0.1) is 0 Å². The van der Waals surface area contributed by atoms with Gasteiger partial charge in [-0.1, -0.05) is 68.3 Å². The van der Waals surface area contributed by atoms with Gasteiger partial charge in [0.15, 0.2) is 0 Å². The summed E-state index contributed by atoms with van der Waals surface area (Å²) in [6.07, 6.45) is 0. The number of anilines is 2. The fraction of sp³-hybridized carbons (Fsp3) is 0.143. The minimum absolute atomic E-state index is 0.273. The Morgan fingerprint density at radius 1 is 0.706 bits per heavy atom. The minimum atomic E-state index is 0.273. The minimum Gasteiger partial charge on any atom is -0.355 e. The second-order valence-corrected chi connectivity index (χ2v) is 6.08. The lowest BCUT2D eigenvalue weighted by Crippen LogP contribution is -1.97. The standard InChI is InChI=1S/C14H11Br2N/c15-13-9-5-1-3-7-11(9)17-12-8-4-2-6-10(12)14(13)16/h1-8,13-14,17H. The van der Waals surface area contributed by atoms with Gasteiger partial charge in [0.2, 0.25) is 0 Å². The van der Waals surface area contributed by atoms with Crippen LogP contribution in [0.4, 0.5) is 11.4 Å². The number of hydrogen-bond donors (Lipinski definition) is 1. The fourth-order valence-corrected chi connectivity index (χ4v) is 3.53. The molecule has 0 aromatic heterocycles. The van der Waals surface area contributed by atoms with Crippen LogP contribution in [-0.2, 0) is 0 Å². The normalized spacial score (nSPS) is 22.0. The second-order valence-electron chi connectivity index (χ2n) is 4.10. The maximum Gasteiger partial charge on any atom is 0.0582 e. The molecule has 0 aliphatic carbocycles. The highest BCUT2D eigenvalue weighted by atomic mass is 79.9. The maximum absolute atomic E-state index is 3.79. The van der Waals surface area contributed by atoms with E-state index < -0.39 is 0 Å². The predicted octanol–water partition coefficient (Wildman–Crippen LogP) is 5.32. The van der Waals surface area contributed by atoms with E-state index in [1.165, 1.54) is 22.5 Å². The van der Waals surface area contributed by atoms with Crippen LogP contribution in [0.15, 0.2) is 48.5 Å². The first-order valence-corrected chi connectivity index (χ1v) is 7.33. The number of nitrogens with one attached hydrogen (secondary N) is 1. The van der Waals surface area contributed by atoms with E-state index in [2.05, 4.69) is 85.7 Å². The van der Waals surface area contributed by atoms with E-state index in [-0.39, 0.29) is 9.65 Å². The van der Waals surface area contributed by atoms with Gasteiger partial charge >= 0.3 is 0 Å². The maximum atomic E-state index is 3.79. The van der Waals surface area contributed by atoms with Crippen molar-refractivity contribution in [2.75, 3.05) is 5.32 Å². The Hall–Kier alpha value is -0.800. The monoisotopic (exact) mass is 351 g/mol. The molecule has 0 radical (unpaired) electrons. The van der Waals surface area contributed by atoms with Crippen molar-refractivity contribution in [3.63, 3.8) is 0 Å². The summed E-state index contributed by atoms with van der Waals surface area (Å²) < 4.78 is 0. The lowest BCUT2D eigenvalue weighted by atomic mass is 10.0. The summed E-state index contributed by atoms with van der Waals surface area (Å²) in [4.78, 5) is 0.546. The van der Waals surface area contributed by atoms with Gasteiger partial charge in [0.25, 0.3) is 0 Å². The van der Waals surface area contributed by atoms with Crippen LogP contribution in [-0.4, -0.2) is 0 Å². The molecule has 86 valence electrons. The zero-order valence-electron chi connectivity index (χ0n) is 9.03. The van der Waals surface area contributed by atoms with Crippen LogP contribution in [0, 0.1) is 0 Å². The largest absolute Gasteiger partial charge is 0.355 e. The van der Waals surface area contributed by atoms with Crippen LogP contribution >= 0.6 is 31.9 Å². The molecule has 2 aromatic rings. The summed E-state index contributed by atoms with van der Waals surface area (Å²) in [6.45, 7) is 0. The topological polar surface area (TPSA) is 12.0 Å². The quantitative estimate of drug-likeness (QED) is 0.633. The first kappa shape index (κ1) is 11.3. The van der Waals surface area contributed by atoms with Gasteiger partial charge in [0, 0.05) is 11.4 Å². The van der Waals surface area contributed by atoms with Crippen LogP contribution in [0.3, 0.4) is 0 Å². The molecule has 0 amide bonds. The van der Waals surface area contributed by atoms with Gasteiger partial charge in [0.1, 0.15) is 0 Å². The predicted molar refractivity (Wildman–Crippen MR) is 79.5 cm³/mol. The summed E-state index contributed by atoms with van der Waals surface area (Å²) >= 11 is 7.57. The molecule has 3 heteroatoms. The highest BCUT2D eigenvalue weighted by molar-refractivity contribution is 9.12. The van der Waals surface area contributed by atoms with Crippen molar-refractivity contribution >= 4 is 43.2 Å². The Labute approximate surface area is 117 Å². The average Bonchev–Trinajstić information content (AvgIpc) is 2.48. The van der Waals surface area contributed by atoms with Crippen molar-refractivity contribution in [1.82, 2.24) is 0 Å². The molecule has 3 rings (SSSR count). The van der Waals surface area contributed by atoms with Crippen LogP contribution in [0.2, 0.25) is 0 Å². The fourth-order valence-electron chi connectivity index (χ4n) is 2.16. The van der Waals surface area contributed by atoms with E-state index in [1.54, 1.807) is 0 Å². The highest BCUT2D eigenvalue weighted by Crippen LogP contribution is 2.49. The number of alkyl halides is 2. The Morgan fingerprint density at radius 2 is 1.12 bits per heavy atom. The molecule has 1 nitrogen and oxygen atoms in total. The molecule has 2 aromatic carbocycles. The van der Waals surface area contributed by atoms with E-state index >= 15 is 0 Å². The lowest BCUT2D eigenvalue weighted by molar-refractivity contribution is 0.954. The van der Waals surface area contributed by atoms with E-state index in [1.807, 2.05) is 0 Å². The summed E-state index contributed by atoms with van der Waals surface area (Å²) in [5.41, 5.74) is 4.91. The van der Waals surface area contributed by atoms with Gasteiger partial charge in [-0.25, -0.2) is 0 Å². The summed E-state index contributed by atoms with van der Waals surface area (Å²) in [7, 11) is 0. The van der Waals surface area contributed by atoms with Crippen LogP contribution in [0.1, 0.15) is 20.8 Å². The molecule has 1 N–H and O–H groups in total. The van der Waals surface area contributed by atoms with Crippen LogP contribution in [0.25, 0.3) is 0 Å². The molecule has 17 heavy (non-hydrogen) atoms. The Kier molecular flexibility index (Phi) is 2.97. The Morgan fingerprint density at radius 3 is 1.59 bits per heavy atom. The van der Waals surface area contributed by atoms with E-state index in [0.29, 0.717) is 0 Å². The van der Waals surface area contributed by atoms with Crippen molar-refractivity contribution in [3.05, 3.63) is 59.7 Å². The molecule has 2 unspecified atom stereocenters. The van der Waals surface area contributed by atoms with Crippen molar-refractivity contribution in [2.24, 2.45) is 0 Å². The molecule has 1 heterocycles. The zero-order valence-corrected chi connectivity index (χ0v) is 12.2. The smallest absolute Gasteiger partial charge is 0.0582 e. The van der Waals surface area contributed by atoms with Crippen LogP contribution in [0.5, 0.6) is 0 Å². The van der Waals surface area contributed by atoms with Crippen molar-refractivity contribution < 1.29 is 0 Å². The molecular formula is C14H11Br2N. The molecule has 1 aliphatic rings. The third kappa shape index (κ3) is 1.91. The number of para-hydroxylation sites is 2. The number of hydrogen-bond acceptors (Lipinski definition) is 1. The zero-order chi connectivity index (χ0) is 11.8. The first-order chi connectivity index (χ1) is 8.27. The third-order valence-electron chi connectivity index (χ3n) is 3.04. The number of benzene rings is 2. The van der Waals surface area contributed by atoms with E-state index in [0.717, 1.165) is 0 Å². The van der Waals surface area contributed by atoms with Crippen molar-refractivity contribution in [3.8, 4) is 0 Å². The molecule has 0 bridgehead atoms. The molecule has 0 fully saturated rings.